The Morgan fingerprint density at radius 3 is 2.50 bits per heavy atom. The topological polar surface area (TPSA) is 120 Å². The molecule has 1 aliphatic rings. The van der Waals surface area contributed by atoms with Crippen LogP contribution in [0.4, 0.5) is 5.69 Å². The number of rotatable bonds is 11. The van der Waals surface area contributed by atoms with Crippen LogP contribution in [0.1, 0.15) is 32.9 Å². The highest BCUT2D eigenvalue weighted by atomic mass is 32.2. The van der Waals surface area contributed by atoms with E-state index >= 15 is 0 Å². The Kier molecular flexibility index (Phi) is 9.33. The van der Waals surface area contributed by atoms with Crippen molar-refractivity contribution in [2.45, 2.75) is 32.7 Å². The third-order valence-corrected chi connectivity index (χ3v) is 9.12. The van der Waals surface area contributed by atoms with Gasteiger partial charge in [-0.05, 0) is 73.9 Å². The van der Waals surface area contributed by atoms with Crippen LogP contribution in [0, 0.1) is 11.3 Å². The van der Waals surface area contributed by atoms with Crippen molar-refractivity contribution in [1.82, 2.24) is 14.2 Å². The van der Waals surface area contributed by atoms with Crippen LogP contribution in [0.5, 0.6) is 0 Å². The van der Waals surface area contributed by atoms with Gasteiger partial charge in [-0.3, -0.25) is 4.90 Å². The zero-order valence-corrected chi connectivity index (χ0v) is 24.5. The smallest absolute Gasteiger partial charge is 0.251 e. The van der Waals surface area contributed by atoms with Gasteiger partial charge in [0.15, 0.2) is 4.91 Å². The Labute approximate surface area is 237 Å². The van der Waals surface area contributed by atoms with E-state index in [4.69, 9.17) is 4.74 Å². The first-order valence-electron chi connectivity index (χ1n) is 13.5. The molecule has 1 fully saturated rings. The highest BCUT2D eigenvalue weighted by molar-refractivity contribution is 7.94. The fourth-order valence-electron chi connectivity index (χ4n) is 5.08. The quantitative estimate of drug-likeness (QED) is 0.302. The summed E-state index contributed by atoms with van der Waals surface area (Å²) in [6.45, 7) is 10.2. The molecule has 0 amide bonds. The molecule has 0 bridgehead atoms. The summed E-state index contributed by atoms with van der Waals surface area (Å²) in [5, 5.41) is 24.8. The Morgan fingerprint density at radius 2 is 1.80 bits per heavy atom. The van der Waals surface area contributed by atoms with E-state index in [1.807, 2.05) is 29.8 Å². The second kappa shape index (κ2) is 12.5. The van der Waals surface area contributed by atoms with Gasteiger partial charge in [0.1, 0.15) is 6.07 Å². The van der Waals surface area contributed by atoms with Crippen molar-refractivity contribution in [3.8, 4) is 17.3 Å². The molecule has 0 radical (unpaired) electrons. The number of fused-ring (bicyclic) bond motifs is 1. The van der Waals surface area contributed by atoms with Crippen LogP contribution in [0.15, 0.2) is 53.4 Å². The summed E-state index contributed by atoms with van der Waals surface area (Å²) < 4.78 is 36.0. The van der Waals surface area contributed by atoms with Crippen LogP contribution < -0.4 is 10.0 Å². The number of hydrogen-bond donors (Lipinski definition) is 3. The van der Waals surface area contributed by atoms with E-state index in [-0.39, 0.29) is 17.9 Å². The molecule has 0 atom stereocenters. The van der Waals surface area contributed by atoms with Crippen LogP contribution in [0.25, 0.3) is 27.6 Å². The van der Waals surface area contributed by atoms with Gasteiger partial charge in [0.05, 0.1) is 13.2 Å². The minimum Gasteiger partial charge on any atom is -0.396 e. The number of hydrogen-bond acceptors (Lipinski definition) is 7. The number of morpholine rings is 1. The normalized spacial score (nSPS) is 15.6. The molecule has 0 unspecified atom stereocenters. The second-order valence-electron chi connectivity index (χ2n) is 10.8. The fraction of sp³-hybridized carbons (Fsp3) is 0.433. The Balaban J connectivity index is 1.54. The third-order valence-electron chi connectivity index (χ3n) is 7.36. The van der Waals surface area contributed by atoms with E-state index in [1.165, 1.54) is 0 Å². The molecular weight excluding hydrogens is 526 g/mol. The van der Waals surface area contributed by atoms with Crippen molar-refractivity contribution in [3.63, 3.8) is 0 Å². The lowest BCUT2D eigenvalue weighted by Crippen LogP contribution is -2.44. The van der Waals surface area contributed by atoms with E-state index in [0.717, 1.165) is 67.1 Å². The number of anilines is 1. The second-order valence-corrected chi connectivity index (χ2v) is 12.5. The zero-order chi connectivity index (χ0) is 28.9. The number of sulfonamides is 1. The van der Waals surface area contributed by atoms with Gasteiger partial charge in [0, 0.05) is 68.0 Å². The standard InChI is InChI=1S/C30H39N5O4S/c1-22(29(21-31)40(37,38)33-30(2,3)11-16-36)27-9-10-28(34(27)4)25-6-5-24-20-26(8-7-23(24)19-25)32-12-13-35-14-17-39-18-15-35/h5-10,19-20,32-33,36H,11-18H2,1-4H3/b29-22+. The molecule has 1 aliphatic heterocycles. The van der Waals surface area contributed by atoms with Crippen molar-refractivity contribution in [2.24, 2.45) is 7.05 Å². The average molecular weight is 566 g/mol. The molecule has 40 heavy (non-hydrogen) atoms. The molecule has 3 N–H and O–H groups in total. The molecule has 0 aliphatic carbocycles. The van der Waals surface area contributed by atoms with E-state index in [2.05, 4.69) is 51.3 Å². The van der Waals surface area contributed by atoms with Crippen LogP contribution in [0.2, 0.25) is 0 Å². The monoisotopic (exact) mass is 565 g/mol. The summed E-state index contributed by atoms with van der Waals surface area (Å²) in [5.41, 5.74) is 3.08. The summed E-state index contributed by atoms with van der Waals surface area (Å²) in [6.07, 6.45) is 0.228. The van der Waals surface area contributed by atoms with Crippen LogP contribution in [0.3, 0.4) is 0 Å². The average Bonchev–Trinajstić information content (AvgIpc) is 3.29. The molecular formula is C30H39N5O4S. The summed E-state index contributed by atoms with van der Waals surface area (Å²) >= 11 is 0. The van der Waals surface area contributed by atoms with Crippen molar-refractivity contribution >= 4 is 32.1 Å². The maximum absolute atomic E-state index is 13.1. The summed E-state index contributed by atoms with van der Waals surface area (Å²) in [4.78, 5) is 2.07. The number of benzene rings is 2. The number of nitrogens with zero attached hydrogens (tertiary/aromatic N) is 3. The van der Waals surface area contributed by atoms with Gasteiger partial charge >= 0.3 is 0 Å². The fourth-order valence-corrected chi connectivity index (χ4v) is 6.64. The molecule has 2 heterocycles. The Bertz CT molecular complexity index is 1530. The third kappa shape index (κ3) is 6.92. The van der Waals surface area contributed by atoms with Gasteiger partial charge in [-0.15, -0.1) is 0 Å². The number of aliphatic hydroxyl groups excluding tert-OH is 1. The minimum absolute atomic E-state index is 0.167. The molecule has 1 aromatic heterocycles. The lowest BCUT2D eigenvalue weighted by Gasteiger charge is -2.26. The number of nitriles is 1. The first kappa shape index (κ1) is 29.8. The van der Waals surface area contributed by atoms with E-state index in [0.29, 0.717) is 11.3 Å². The maximum Gasteiger partial charge on any atom is 0.251 e. The highest BCUT2D eigenvalue weighted by Crippen LogP contribution is 2.31. The maximum atomic E-state index is 13.1. The molecule has 1 saturated heterocycles. The van der Waals surface area contributed by atoms with Crippen LogP contribution in [-0.2, 0) is 21.8 Å². The molecule has 9 nitrogen and oxygen atoms in total. The minimum atomic E-state index is -4.09. The molecule has 2 aromatic carbocycles. The van der Waals surface area contributed by atoms with Crippen molar-refractivity contribution < 1.29 is 18.3 Å². The summed E-state index contributed by atoms with van der Waals surface area (Å²) in [7, 11) is -2.22. The first-order chi connectivity index (χ1) is 19.0. The number of aliphatic hydroxyl groups is 1. The Morgan fingerprint density at radius 1 is 1.10 bits per heavy atom. The predicted molar refractivity (Wildman–Crippen MR) is 160 cm³/mol. The largest absolute Gasteiger partial charge is 0.396 e. The van der Waals surface area contributed by atoms with Gasteiger partial charge in [-0.2, -0.15) is 5.26 Å². The predicted octanol–water partition coefficient (Wildman–Crippen LogP) is 3.92. The SMILES string of the molecule is C/C(=C(/C#N)S(=O)(=O)NC(C)(C)CCO)c1ccc(-c2ccc3cc(NCCN4CCOCC4)ccc3c2)n1C. The lowest BCUT2D eigenvalue weighted by molar-refractivity contribution is 0.0398. The molecule has 4 rings (SSSR count). The lowest BCUT2D eigenvalue weighted by atomic mass is 10.0. The number of ether oxygens (including phenoxy) is 1. The van der Waals surface area contributed by atoms with Crippen LogP contribution >= 0.6 is 0 Å². The molecule has 3 aromatic rings. The number of nitrogens with one attached hydrogen (secondary N) is 2. The highest BCUT2D eigenvalue weighted by Gasteiger charge is 2.29. The molecule has 0 spiro atoms. The first-order valence-corrected chi connectivity index (χ1v) is 15.0. The Hall–Kier alpha value is -3.20. The zero-order valence-electron chi connectivity index (χ0n) is 23.7. The van der Waals surface area contributed by atoms with Crippen molar-refractivity contribution in [3.05, 3.63) is 59.1 Å². The van der Waals surface area contributed by atoms with Crippen LogP contribution in [-0.4, -0.2) is 74.5 Å². The molecule has 10 heteroatoms. The van der Waals surface area contributed by atoms with E-state index < -0.39 is 15.6 Å². The van der Waals surface area contributed by atoms with Gasteiger partial charge in [0.25, 0.3) is 10.0 Å². The van der Waals surface area contributed by atoms with Gasteiger partial charge in [0.2, 0.25) is 0 Å². The van der Waals surface area contributed by atoms with Gasteiger partial charge in [-0.1, -0.05) is 18.2 Å². The summed E-state index contributed by atoms with van der Waals surface area (Å²) in [5.74, 6) is 0. The van der Waals surface area contributed by atoms with E-state index in [9.17, 15) is 18.8 Å². The van der Waals surface area contributed by atoms with Crippen molar-refractivity contribution in [2.75, 3.05) is 51.3 Å². The van der Waals surface area contributed by atoms with Gasteiger partial charge < -0.3 is 19.7 Å². The molecule has 0 saturated carbocycles. The van der Waals surface area contributed by atoms with Gasteiger partial charge in [-0.25, -0.2) is 13.1 Å². The summed E-state index contributed by atoms with van der Waals surface area (Å²) in [6, 6.07) is 18.3. The van der Waals surface area contributed by atoms with E-state index in [1.54, 1.807) is 20.8 Å². The number of aromatic nitrogens is 1. The van der Waals surface area contributed by atoms with Crippen molar-refractivity contribution in [1.29, 1.82) is 5.26 Å². The number of allylic oxidation sites excluding steroid dienone is 2. The molecule has 214 valence electrons.